The molecule has 0 radical (unpaired) electrons. The maximum absolute atomic E-state index is 11.6. The Bertz CT molecular complexity index is 532. The van der Waals surface area contributed by atoms with Gasteiger partial charge in [0.1, 0.15) is 5.97 Å². The predicted octanol–water partition coefficient (Wildman–Crippen LogP) is 7.26. The normalized spacial score (nSPS) is 14.5. The van der Waals surface area contributed by atoms with Crippen LogP contribution in [0, 0.1) is 0 Å². The first-order valence-electron chi connectivity index (χ1n) is 14.9. The van der Waals surface area contributed by atoms with Crippen LogP contribution in [0.2, 0.25) is 0 Å². The molecule has 0 aromatic heterocycles. The minimum Gasteiger partial charge on any atom is -0.543 e. The first-order chi connectivity index (χ1) is 16.6. The van der Waals surface area contributed by atoms with Crippen LogP contribution in [0.25, 0.3) is 0 Å². The highest BCUT2D eigenvalue weighted by Crippen LogP contribution is 2.27. The fraction of sp³-hybridized carbons (Fsp3) is 0.933. The van der Waals surface area contributed by atoms with Crippen molar-refractivity contribution in [2.75, 3.05) is 14.1 Å². The van der Waals surface area contributed by atoms with Crippen LogP contribution in [0.5, 0.6) is 0 Å². The van der Waals surface area contributed by atoms with Gasteiger partial charge in [-0.2, -0.15) is 0 Å². The second-order valence-electron chi connectivity index (χ2n) is 11.6. The van der Waals surface area contributed by atoms with Crippen molar-refractivity contribution in [3.05, 3.63) is 0 Å². The Balaban J connectivity index is 3.59. The molecule has 0 rings (SSSR count). The van der Waals surface area contributed by atoms with Gasteiger partial charge in [0, 0.05) is 6.92 Å². The third kappa shape index (κ3) is 13.7. The number of hydrogen-bond donors (Lipinski definition) is 1. The highest BCUT2D eigenvalue weighted by Gasteiger charge is 2.52. The number of unbranched alkanes of at least 4 members (excludes halogenated alkanes) is 19. The third-order valence-corrected chi connectivity index (χ3v) is 8.54. The molecule has 5 nitrogen and oxygen atoms in total. The van der Waals surface area contributed by atoms with Gasteiger partial charge >= 0.3 is 5.97 Å². The molecule has 0 amide bonds. The topological polar surface area (TPSA) is 77.4 Å². The summed E-state index contributed by atoms with van der Waals surface area (Å²) in [6.45, 7) is 5.49. The molecule has 0 bridgehead atoms. The minimum absolute atomic E-state index is 0.0652. The molecule has 35 heavy (non-hydrogen) atoms. The summed E-state index contributed by atoms with van der Waals surface area (Å²) in [4.78, 5) is 23.2. The molecular weight excluding hydrogens is 438 g/mol. The number of carbonyl (C=O) groups excluding carboxylic acids is 1. The average molecular weight is 498 g/mol. The molecule has 208 valence electrons. The molecule has 2 unspecified atom stereocenters. The fourth-order valence-corrected chi connectivity index (χ4v) is 5.03. The monoisotopic (exact) mass is 497 g/mol. The van der Waals surface area contributed by atoms with E-state index in [1.54, 1.807) is 14.1 Å². The van der Waals surface area contributed by atoms with E-state index in [1.165, 1.54) is 122 Å². The van der Waals surface area contributed by atoms with Gasteiger partial charge in [-0.05, 0) is 19.8 Å². The summed E-state index contributed by atoms with van der Waals surface area (Å²) >= 11 is 0. The predicted molar refractivity (Wildman–Crippen MR) is 145 cm³/mol. The second-order valence-corrected chi connectivity index (χ2v) is 11.6. The van der Waals surface area contributed by atoms with Crippen molar-refractivity contribution in [2.24, 2.45) is 0 Å². The van der Waals surface area contributed by atoms with Gasteiger partial charge in [-0.1, -0.05) is 129 Å². The highest BCUT2D eigenvalue weighted by atomic mass is 16.4. The average Bonchev–Trinajstić information content (AvgIpc) is 2.81. The van der Waals surface area contributed by atoms with Crippen LogP contribution in [-0.4, -0.2) is 47.2 Å². The smallest absolute Gasteiger partial charge is 0.371 e. The lowest BCUT2D eigenvalue weighted by Crippen LogP contribution is -2.72. The van der Waals surface area contributed by atoms with E-state index < -0.39 is 17.5 Å². The molecule has 0 aromatic carbocycles. The Morgan fingerprint density at radius 1 is 0.686 bits per heavy atom. The van der Waals surface area contributed by atoms with Gasteiger partial charge < -0.3 is 19.5 Å². The van der Waals surface area contributed by atoms with Gasteiger partial charge in [-0.3, -0.25) is 0 Å². The van der Waals surface area contributed by atoms with Crippen molar-refractivity contribution in [2.45, 2.75) is 167 Å². The van der Waals surface area contributed by atoms with Gasteiger partial charge in [0.2, 0.25) is 5.54 Å². The standard InChI is InChI=1S/C30H59NO4/c1-6-7-8-9-10-11-12-13-14-15-16-17-18-19-20-21-22-23-24-25-26-27(2)31(4,5)30(3,28(32)33)29(34)35/h27H,6-26H2,1-5H3,(H-,32,33,34,35). The molecule has 0 saturated carbocycles. The van der Waals surface area contributed by atoms with E-state index in [-0.39, 0.29) is 10.5 Å². The van der Waals surface area contributed by atoms with Crippen LogP contribution < -0.4 is 5.11 Å². The van der Waals surface area contributed by atoms with Gasteiger partial charge in [0.15, 0.2) is 0 Å². The van der Waals surface area contributed by atoms with Crippen LogP contribution in [0.15, 0.2) is 0 Å². The summed E-state index contributed by atoms with van der Waals surface area (Å²) in [6, 6.07) is -0.0652. The van der Waals surface area contributed by atoms with Crippen LogP contribution in [0.3, 0.4) is 0 Å². The van der Waals surface area contributed by atoms with E-state index in [0.717, 1.165) is 19.3 Å². The Hall–Kier alpha value is -1.10. The summed E-state index contributed by atoms with van der Waals surface area (Å²) < 4.78 is -0.107. The van der Waals surface area contributed by atoms with Gasteiger partial charge in [0.25, 0.3) is 0 Å². The lowest BCUT2D eigenvalue weighted by Gasteiger charge is -2.48. The molecular formula is C30H59NO4. The van der Waals surface area contributed by atoms with Crippen LogP contribution in [0.4, 0.5) is 0 Å². The summed E-state index contributed by atoms with van der Waals surface area (Å²) in [5, 5.41) is 21.1. The van der Waals surface area contributed by atoms with Crippen molar-refractivity contribution in [1.29, 1.82) is 0 Å². The maximum Gasteiger partial charge on any atom is 0.371 e. The van der Waals surface area contributed by atoms with Crippen LogP contribution in [0.1, 0.15) is 156 Å². The lowest BCUT2D eigenvalue weighted by molar-refractivity contribution is -0.944. The highest BCUT2D eigenvalue weighted by molar-refractivity contribution is 6.00. The van der Waals surface area contributed by atoms with Gasteiger partial charge in [0.05, 0.1) is 20.1 Å². The lowest BCUT2D eigenvalue weighted by atomic mass is 9.93. The largest absolute Gasteiger partial charge is 0.543 e. The summed E-state index contributed by atoms with van der Waals surface area (Å²) in [7, 11) is 3.37. The Morgan fingerprint density at radius 2 is 0.971 bits per heavy atom. The summed E-state index contributed by atoms with van der Waals surface area (Å²) in [6.07, 6.45) is 27.8. The molecule has 0 aliphatic rings. The van der Waals surface area contributed by atoms with Crippen molar-refractivity contribution in [1.82, 2.24) is 0 Å². The molecule has 1 N–H and O–H groups in total. The summed E-state index contributed by atoms with van der Waals surface area (Å²) in [5.41, 5.74) is -1.94. The van der Waals surface area contributed by atoms with E-state index in [1.807, 2.05) is 6.92 Å². The quantitative estimate of drug-likeness (QED) is 0.0818. The molecule has 0 fully saturated rings. The van der Waals surface area contributed by atoms with E-state index in [4.69, 9.17) is 0 Å². The number of likely N-dealkylation sites (N-methyl/N-ethyl adjacent to an activating group) is 1. The summed E-state index contributed by atoms with van der Waals surface area (Å²) in [5.74, 6) is -2.86. The number of carbonyl (C=O) groups is 2. The zero-order chi connectivity index (χ0) is 26.6. The molecule has 0 saturated heterocycles. The zero-order valence-corrected chi connectivity index (χ0v) is 24.0. The van der Waals surface area contributed by atoms with Crippen molar-refractivity contribution in [3.63, 3.8) is 0 Å². The molecule has 0 aliphatic heterocycles. The Labute approximate surface area is 217 Å². The number of rotatable bonds is 25. The van der Waals surface area contributed by atoms with Crippen LogP contribution in [-0.2, 0) is 9.59 Å². The number of hydrogen-bond acceptors (Lipinski definition) is 3. The SMILES string of the molecule is CCCCCCCCCCCCCCCCCCCCCCC(C)[N+](C)(C)C(C)(C(=O)[O-])C(=O)O. The van der Waals surface area contributed by atoms with Gasteiger partial charge in [-0.25, -0.2) is 4.79 Å². The molecule has 0 aromatic rings. The molecule has 0 heterocycles. The van der Waals surface area contributed by atoms with E-state index in [2.05, 4.69) is 6.92 Å². The number of nitrogens with zero attached hydrogens (tertiary/aromatic N) is 1. The number of carboxylic acid groups (broad SMARTS) is 2. The van der Waals surface area contributed by atoms with Gasteiger partial charge in [-0.15, -0.1) is 0 Å². The minimum atomic E-state index is -1.94. The fourth-order valence-electron chi connectivity index (χ4n) is 5.03. The van der Waals surface area contributed by atoms with E-state index in [0.29, 0.717) is 0 Å². The first kappa shape index (κ1) is 33.9. The zero-order valence-electron chi connectivity index (χ0n) is 24.0. The van der Waals surface area contributed by atoms with E-state index >= 15 is 0 Å². The number of aliphatic carboxylic acids is 2. The third-order valence-electron chi connectivity index (χ3n) is 8.54. The molecule has 5 heteroatoms. The van der Waals surface area contributed by atoms with Crippen molar-refractivity contribution in [3.8, 4) is 0 Å². The molecule has 2 atom stereocenters. The molecule has 0 spiro atoms. The second kappa shape index (κ2) is 20.0. The van der Waals surface area contributed by atoms with Crippen molar-refractivity contribution >= 4 is 11.9 Å². The Morgan fingerprint density at radius 3 is 1.23 bits per heavy atom. The van der Waals surface area contributed by atoms with Crippen LogP contribution >= 0.6 is 0 Å². The number of carboxylic acids is 2. The maximum atomic E-state index is 11.6. The number of quaternary nitrogens is 1. The van der Waals surface area contributed by atoms with E-state index in [9.17, 15) is 19.8 Å². The van der Waals surface area contributed by atoms with Crippen molar-refractivity contribution < 1.29 is 24.3 Å². The molecule has 0 aliphatic carbocycles. The first-order valence-corrected chi connectivity index (χ1v) is 14.9. The Kier molecular flexibility index (Phi) is 19.4.